The van der Waals surface area contributed by atoms with E-state index in [1.807, 2.05) is 38.1 Å². The Hall–Kier alpha value is -3.04. The van der Waals surface area contributed by atoms with Crippen molar-refractivity contribution < 1.29 is 23.4 Å². The molecule has 0 aliphatic carbocycles. The summed E-state index contributed by atoms with van der Waals surface area (Å²) in [5, 5.41) is 0.862. The molecule has 1 aromatic carbocycles. The molecule has 0 saturated heterocycles. The van der Waals surface area contributed by atoms with E-state index < -0.39 is 5.97 Å². The Kier molecular flexibility index (Phi) is 8.52. The molecule has 32 heavy (non-hydrogen) atoms. The van der Waals surface area contributed by atoms with E-state index in [1.165, 1.54) is 6.08 Å². The Morgan fingerprint density at radius 2 is 2.03 bits per heavy atom. The molecular weight excluding hydrogens is 423 g/mol. The molecular formula is C26H29O5P. The highest BCUT2D eigenvalue weighted by Crippen LogP contribution is 2.41. The van der Waals surface area contributed by atoms with Crippen LogP contribution in [-0.2, 0) is 9.53 Å². The van der Waals surface area contributed by atoms with Crippen LogP contribution in [0.5, 0.6) is 11.5 Å². The third-order valence-corrected chi connectivity index (χ3v) is 5.89. The van der Waals surface area contributed by atoms with Crippen molar-refractivity contribution in [2.45, 2.75) is 20.8 Å². The number of allylic oxidation sites excluding steroid dienone is 3. The van der Waals surface area contributed by atoms with Crippen LogP contribution in [0.15, 0.2) is 76.0 Å². The van der Waals surface area contributed by atoms with Crippen molar-refractivity contribution in [3.63, 3.8) is 0 Å². The standard InChI is InChI=1S/C26H29O5P/c1-5-28-23(27)9-8-21-17-22-11-14-29-24(22)26(30-13-10-19(2)3)25(21)31-18-20-7-6-15-32(4)16-12-20/h6-12,14-17H,5,13,18H2,1-4H3/b9-8+/t32-/m1/s1. The van der Waals surface area contributed by atoms with Gasteiger partial charge in [0, 0.05) is 17.0 Å². The van der Waals surface area contributed by atoms with Crippen LogP contribution in [0.4, 0.5) is 0 Å². The van der Waals surface area contributed by atoms with Gasteiger partial charge in [-0.1, -0.05) is 43.4 Å². The van der Waals surface area contributed by atoms with Gasteiger partial charge < -0.3 is 18.6 Å². The van der Waals surface area contributed by atoms with Gasteiger partial charge >= 0.3 is 5.97 Å². The van der Waals surface area contributed by atoms with E-state index in [-0.39, 0.29) is 7.92 Å². The van der Waals surface area contributed by atoms with E-state index in [9.17, 15) is 4.79 Å². The largest absolute Gasteiger partial charge is 0.484 e. The van der Waals surface area contributed by atoms with E-state index in [0.29, 0.717) is 42.5 Å². The number of fused-ring (bicyclic) bond motifs is 1. The predicted molar refractivity (Wildman–Crippen MR) is 132 cm³/mol. The highest BCUT2D eigenvalue weighted by atomic mass is 31.1. The van der Waals surface area contributed by atoms with Crippen LogP contribution in [0.25, 0.3) is 17.0 Å². The molecule has 0 fully saturated rings. The van der Waals surface area contributed by atoms with Crippen molar-refractivity contribution in [3.8, 4) is 11.5 Å². The first kappa shape index (κ1) is 23.6. The van der Waals surface area contributed by atoms with E-state index in [1.54, 1.807) is 19.3 Å². The summed E-state index contributed by atoms with van der Waals surface area (Å²) in [6.07, 6.45) is 12.9. The van der Waals surface area contributed by atoms with E-state index in [4.69, 9.17) is 18.6 Å². The molecule has 5 nitrogen and oxygen atoms in total. The maximum atomic E-state index is 11.9. The SMILES string of the molecule is CCOC(=O)/C=C/c1cc2ccoc2c(OCC=C(C)C)c1OCC1=CC=C[P@@](C)C=C1. The van der Waals surface area contributed by atoms with Crippen molar-refractivity contribution in [3.05, 3.63) is 77.1 Å². The summed E-state index contributed by atoms with van der Waals surface area (Å²) in [6.45, 7) is 9.06. The van der Waals surface area contributed by atoms with Gasteiger partial charge in [0.1, 0.15) is 13.2 Å². The minimum absolute atomic E-state index is 0.248. The topological polar surface area (TPSA) is 57.9 Å². The zero-order chi connectivity index (χ0) is 22.9. The number of hydrogen-bond acceptors (Lipinski definition) is 5. The second-order valence-corrected chi connectivity index (χ2v) is 9.42. The fraction of sp³-hybridized carbons (Fsp3) is 0.269. The van der Waals surface area contributed by atoms with E-state index in [0.717, 1.165) is 16.5 Å². The number of rotatable bonds is 9. The summed E-state index contributed by atoms with van der Waals surface area (Å²) in [7, 11) is -0.248. The lowest BCUT2D eigenvalue weighted by molar-refractivity contribution is -0.137. The maximum Gasteiger partial charge on any atom is 0.330 e. The highest BCUT2D eigenvalue weighted by Gasteiger charge is 2.18. The van der Waals surface area contributed by atoms with Gasteiger partial charge in [0.25, 0.3) is 0 Å². The number of ether oxygens (including phenoxy) is 3. The molecule has 2 aromatic rings. The molecule has 1 atom stereocenters. The van der Waals surface area contributed by atoms with Crippen molar-refractivity contribution in [1.82, 2.24) is 0 Å². The average molecular weight is 452 g/mol. The van der Waals surface area contributed by atoms with Gasteiger partial charge in [0.15, 0.2) is 11.3 Å². The molecule has 1 aromatic heterocycles. The fourth-order valence-corrected chi connectivity index (χ4v) is 3.88. The first-order valence-corrected chi connectivity index (χ1v) is 12.5. The summed E-state index contributed by atoms with van der Waals surface area (Å²) in [6, 6.07) is 3.78. The molecule has 1 aliphatic heterocycles. The number of carbonyl (C=O) groups is 1. The van der Waals surface area contributed by atoms with Crippen LogP contribution in [0, 0.1) is 0 Å². The summed E-state index contributed by atoms with van der Waals surface area (Å²) in [5.74, 6) is 5.01. The second-order valence-electron chi connectivity index (χ2n) is 7.49. The Balaban J connectivity index is 1.99. The molecule has 0 spiro atoms. The van der Waals surface area contributed by atoms with Crippen LogP contribution in [-0.4, -0.2) is 32.5 Å². The number of esters is 1. The zero-order valence-electron chi connectivity index (χ0n) is 19.0. The lowest BCUT2D eigenvalue weighted by Gasteiger charge is -2.16. The molecule has 2 heterocycles. The van der Waals surface area contributed by atoms with Gasteiger partial charge in [-0.25, -0.2) is 4.79 Å². The van der Waals surface area contributed by atoms with Gasteiger partial charge in [0.05, 0.1) is 12.9 Å². The number of furan rings is 1. The van der Waals surface area contributed by atoms with Crippen LogP contribution >= 0.6 is 7.92 Å². The van der Waals surface area contributed by atoms with Crippen LogP contribution < -0.4 is 9.47 Å². The molecule has 0 amide bonds. The number of hydrogen-bond donors (Lipinski definition) is 0. The highest BCUT2D eigenvalue weighted by molar-refractivity contribution is 7.63. The number of benzene rings is 1. The molecule has 0 saturated carbocycles. The Bertz CT molecular complexity index is 1100. The summed E-state index contributed by atoms with van der Waals surface area (Å²) in [5.41, 5.74) is 3.52. The molecule has 0 unspecified atom stereocenters. The quantitative estimate of drug-likeness (QED) is 0.181. The van der Waals surface area contributed by atoms with Crippen molar-refractivity contribution in [2.75, 3.05) is 26.5 Å². The van der Waals surface area contributed by atoms with Gasteiger partial charge in [0.2, 0.25) is 5.75 Å². The molecule has 1 aliphatic rings. The summed E-state index contributed by atoms with van der Waals surface area (Å²) in [4.78, 5) is 11.9. The Morgan fingerprint density at radius 1 is 1.19 bits per heavy atom. The Morgan fingerprint density at radius 3 is 2.81 bits per heavy atom. The Labute approximate surface area is 190 Å². The monoisotopic (exact) mass is 452 g/mol. The van der Waals surface area contributed by atoms with E-state index >= 15 is 0 Å². The third-order valence-electron chi connectivity index (χ3n) is 4.62. The van der Waals surface area contributed by atoms with Gasteiger partial charge in [-0.15, -0.1) is 0 Å². The van der Waals surface area contributed by atoms with Crippen LogP contribution in [0.1, 0.15) is 26.3 Å². The second kappa shape index (κ2) is 11.5. The maximum absolute atomic E-state index is 11.9. The van der Waals surface area contributed by atoms with Gasteiger partial charge in [-0.3, -0.25) is 0 Å². The minimum Gasteiger partial charge on any atom is -0.484 e. The smallest absolute Gasteiger partial charge is 0.330 e. The molecule has 6 heteroatoms. The molecule has 3 rings (SSSR count). The molecule has 0 bridgehead atoms. The summed E-state index contributed by atoms with van der Waals surface area (Å²) < 4.78 is 23.1. The third kappa shape index (κ3) is 6.48. The van der Waals surface area contributed by atoms with Crippen molar-refractivity contribution in [2.24, 2.45) is 0 Å². The first-order chi connectivity index (χ1) is 15.5. The van der Waals surface area contributed by atoms with Crippen molar-refractivity contribution in [1.29, 1.82) is 0 Å². The van der Waals surface area contributed by atoms with E-state index in [2.05, 4.69) is 30.5 Å². The zero-order valence-corrected chi connectivity index (χ0v) is 19.9. The van der Waals surface area contributed by atoms with Gasteiger partial charge in [-0.05, 0) is 57.3 Å². The molecule has 0 N–H and O–H groups in total. The predicted octanol–water partition coefficient (Wildman–Crippen LogP) is 6.81. The lowest BCUT2D eigenvalue weighted by Crippen LogP contribution is -2.05. The van der Waals surface area contributed by atoms with Crippen molar-refractivity contribution >= 4 is 30.9 Å². The average Bonchev–Trinajstić information content (AvgIpc) is 3.12. The normalized spacial score (nSPS) is 15.5. The van der Waals surface area contributed by atoms with Crippen LogP contribution in [0.2, 0.25) is 0 Å². The lowest BCUT2D eigenvalue weighted by atomic mass is 10.1. The van der Waals surface area contributed by atoms with Crippen LogP contribution in [0.3, 0.4) is 0 Å². The first-order valence-electron chi connectivity index (χ1n) is 10.5. The number of carbonyl (C=O) groups excluding carboxylic acids is 1. The van der Waals surface area contributed by atoms with Gasteiger partial charge in [-0.2, -0.15) is 0 Å². The molecule has 0 radical (unpaired) electrons. The minimum atomic E-state index is -0.409. The molecule has 168 valence electrons. The fourth-order valence-electron chi connectivity index (χ4n) is 3.00. The summed E-state index contributed by atoms with van der Waals surface area (Å²) >= 11 is 0.